The summed E-state index contributed by atoms with van der Waals surface area (Å²) in [5.74, 6) is 1.86. The summed E-state index contributed by atoms with van der Waals surface area (Å²) in [6.45, 7) is 5.55. The molecule has 3 heteroatoms. The average molecular weight is 290 g/mol. The van der Waals surface area contributed by atoms with Crippen molar-refractivity contribution in [1.82, 2.24) is 10.2 Å². The molecule has 1 aliphatic carbocycles. The number of hydrogen-bond donors (Lipinski definition) is 1. The van der Waals surface area contributed by atoms with E-state index in [0.29, 0.717) is 0 Å². The zero-order valence-electron chi connectivity index (χ0n) is 13.8. The lowest BCUT2D eigenvalue weighted by Gasteiger charge is -2.28. The van der Waals surface area contributed by atoms with Crippen LogP contribution in [0.3, 0.4) is 0 Å². The largest absolute Gasteiger partial charge is 0.497 e. The van der Waals surface area contributed by atoms with Crippen molar-refractivity contribution in [2.24, 2.45) is 5.92 Å². The van der Waals surface area contributed by atoms with Gasteiger partial charge in [-0.05, 0) is 56.3 Å². The van der Waals surface area contributed by atoms with Crippen LogP contribution in [-0.2, 0) is 6.54 Å². The molecule has 1 aromatic rings. The molecular weight excluding hydrogens is 260 g/mol. The fourth-order valence-electron chi connectivity index (χ4n) is 3.05. The summed E-state index contributed by atoms with van der Waals surface area (Å²) < 4.78 is 5.19. The lowest BCUT2D eigenvalue weighted by molar-refractivity contribution is 0.279. The Hall–Kier alpha value is -1.06. The molecule has 0 unspecified atom stereocenters. The number of ether oxygens (including phenoxy) is 1. The summed E-state index contributed by atoms with van der Waals surface area (Å²) >= 11 is 0. The summed E-state index contributed by atoms with van der Waals surface area (Å²) in [5.41, 5.74) is 1.34. The van der Waals surface area contributed by atoms with Crippen LogP contribution in [0.25, 0.3) is 0 Å². The zero-order valence-corrected chi connectivity index (χ0v) is 13.8. The Morgan fingerprint density at radius 3 is 2.43 bits per heavy atom. The van der Waals surface area contributed by atoms with E-state index < -0.39 is 0 Å². The number of hydrogen-bond acceptors (Lipinski definition) is 3. The molecule has 2 rings (SSSR count). The van der Waals surface area contributed by atoms with Crippen molar-refractivity contribution in [3.63, 3.8) is 0 Å². The Morgan fingerprint density at radius 2 is 1.81 bits per heavy atom. The molecule has 0 atom stereocenters. The highest BCUT2D eigenvalue weighted by atomic mass is 16.5. The van der Waals surface area contributed by atoms with Crippen molar-refractivity contribution < 1.29 is 4.74 Å². The third-order valence-electron chi connectivity index (χ3n) is 4.55. The third-order valence-corrected chi connectivity index (χ3v) is 4.55. The van der Waals surface area contributed by atoms with E-state index in [1.54, 1.807) is 7.11 Å². The second-order valence-corrected chi connectivity index (χ2v) is 6.50. The summed E-state index contributed by atoms with van der Waals surface area (Å²) in [5, 5.41) is 3.72. The monoisotopic (exact) mass is 290 g/mol. The Morgan fingerprint density at radius 1 is 1.14 bits per heavy atom. The standard InChI is InChI=1S/C18H30N2O/c1-15-4-8-17(9-5-15)19-12-13-20(2)14-16-6-10-18(21-3)11-7-16/h6-7,10-11,15,17,19H,4-5,8-9,12-14H2,1-3H3. The van der Waals surface area contributed by atoms with Gasteiger partial charge in [0.15, 0.2) is 0 Å². The lowest BCUT2D eigenvalue weighted by atomic mass is 9.87. The van der Waals surface area contributed by atoms with Gasteiger partial charge in [-0.25, -0.2) is 0 Å². The first-order chi connectivity index (χ1) is 10.2. The number of methoxy groups -OCH3 is 1. The molecule has 0 radical (unpaired) electrons. The van der Waals surface area contributed by atoms with Crippen LogP contribution >= 0.6 is 0 Å². The molecular formula is C18H30N2O. The second kappa shape index (κ2) is 8.40. The van der Waals surface area contributed by atoms with Gasteiger partial charge in [-0.1, -0.05) is 19.1 Å². The second-order valence-electron chi connectivity index (χ2n) is 6.50. The van der Waals surface area contributed by atoms with Crippen LogP contribution in [0.5, 0.6) is 5.75 Å². The number of rotatable bonds is 7. The third kappa shape index (κ3) is 5.68. The van der Waals surface area contributed by atoms with Crippen LogP contribution in [0.1, 0.15) is 38.2 Å². The van der Waals surface area contributed by atoms with Crippen LogP contribution in [0.2, 0.25) is 0 Å². The van der Waals surface area contributed by atoms with Crippen LogP contribution in [0.15, 0.2) is 24.3 Å². The van der Waals surface area contributed by atoms with Crippen molar-refractivity contribution >= 4 is 0 Å². The van der Waals surface area contributed by atoms with Crippen molar-refractivity contribution in [3.05, 3.63) is 29.8 Å². The maximum atomic E-state index is 5.19. The van der Waals surface area contributed by atoms with E-state index >= 15 is 0 Å². The summed E-state index contributed by atoms with van der Waals surface area (Å²) in [6, 6.07) is 9.10. The van der Waals surface area contributed by atoms with Gasteiger partial charge in [-0.2, -0.15) is 0 Å². The van der Waals surface area contributed by atoms with E-state index in [1.807, 2.05) is 12.1 Å². The number of benzene rings is 1. The van der Waals surface area contributed by atoms with Gasteiger partial charge in [-0.3, -0.25) is 0 Å². The molecule has 1 N–H and O–H groups in total. The maximum Gasteiger partial charge on any atom is 0.118 e. The smallest absolute Gasteiger partial charge is 0.118 e. The van der Waals surface area contributed by atoms with Crippen LogP contribution in [0, 0.1) is 5.92 Å². The fraction of sp³-hybridized carbons (Fsp3) is 0.667. The van der Waals surface area contributed by atoms with Gasteiger partial charge in [0.25, 0.3) is 0 Å². The van der Waals surface area contributed by atoms with Gasteiger partial charge < -0.3 is 15.0 Å². The van der Waals surface area contributed by atoms with E-state index in [1.165, 1.54) is 31.2 Å². The lowest BCUT2D eigenvalue weighted by Crippen LogP contribution is -2.37. The summed E-state index contributed by atoms with van der Waals surface area (Å²) in [6.07, 6.45) is 5.48. The molecule has 0 amide bonds. The first-order valence-corrected chi connectivity index (χ1v) is 8.22. The van der Waals surface area contributed by atoms with E-state index in [4.69, 9.17) is 4.74 Å². The van der Waals surface area contributed by atoms with E-state index in [-0.39, 0.29) is 0 Å². The number of nitrogens with zero attached hydrogens (tertiary/aromatic N) is 1. The van der Waals surface area contributed by atoms with Crippen molar-refractivity contribution in [1.29, 1.82) is 0 Å². The van der Waals surface area contributed by atoms with E-state index in [2.05, 4.69) is 36.3 Å². The minimum absolute atomic E-state index is 0.746. The quantitative estimate of drug-likeness (QED) is 0.834. The Kier molecular flexibility index (Phi) is 6.52. The van der Waals surface area contributed by atoms with Gasteiger partial charge >= 0.3 is 0 Å². The van der Waals surface area contributed by atoms with Gasteiger partial charge in [0.05, 0.1) is 7.11 Å². The first kappa shape index (κ1) is 16.3. The molecule has 1 aliphatic rings. The van der Waals surface area contributed by atoms with Gasteiger partial charge in [-0.15, -0.1) is 0 Å². The highest BCUT2D eigenvalue weighted by Gasteiger charge is 2.17. The van der Waals surface area contributed by atoms with Crippen LogP contribution < -0.4 is 10.1 Å². The van der Waals surface area contributed by atoms with Crippen LogP contribution in [-0.4, -0.2) is 38.2 Å². The molecule has 21 heavy (non-hydrogen) atoms. The van der Waals surface area contributed by atoms with E-state index in [0.717, 1.165) is 37.3 Å². The molecule has 0 heterocycles. The van der Waals surface area contributed by atoms with Gasteiger partial charge in [0.1, 0.15) is 5.75 Å². The predicted octanol–water partition coefficient (Wildman–Crippen LogP) is 3.30. The first-order valence-electron chi connectivity index (χ1n) is 8.22. The van der Waals surface area contributed by atoms with Gasteiger partial charge in [0, 0.05) is 25.7 Å². The van der Waals surface area contributed by atoms with Crippen molar-refractivity contribution in [2.75, 3.05) is 27.2 Å². The van der Waals surface area contributed by atoms with Crippen molar-refractivity contribution in [2.45, 2.75) is 45.2 Å². The fourth-order valence-corrected chi connectivity index (χ4v) is 3.05. The minimum Gasteiger partial charge on any atom is -0.497 e. The molecule has 1 saturated carbocycles. The highest BCUT2D eigenvalue weighted by Crippen LogP contribution is 2.23. The Bertz CT molecular complexity index is 396. The molecule has 1 aromatic carbocycles. The van der Waals surface area contributed by atoms with Crippen LogP contribution in [0.4, 0.5) is 0 Å². The molecule has 0 aliphatic heterocycles. The molecule has 0 spiro atoms. The zero-order chi connectivity index (χ0) is 15.1. The topological polar surface area (TPSA) is 24.5 Å². The van der Waals surface area contributed by atoms with E-state index in [9.17, 15) is 0 Å². The molecule has 0 saturated heterocycles. The molecule has 3 nitrogen and oxygen atoms in total. The molecule has 118 valence electrons. The molecule has 0 aromatic heterocycles. The SMILES string of the molecule is COc1ccc(CN(C)CCNC2CCC(C)CC2)cc1. The predicted molar refractivity (Wildman–Crippen MR) is 88.8 cm³/mol. The Balaban J connectivity index is 1.63. The minimum atomic E-state index is 0.746. The average Bonchev–Trinajstić information content (AvgIpc) is 2.50. The Labute approximate surface area is 129 Å². The molecule has 1 fully saturated rings. The normalized spacial score (nSPS) is 22.5. The van der Waals surface area contributed by atoms with Crippen molar-refractivity contribution in [3.8, 4) is 5.75 Å². The molecule has 0 bridgehead atoms. The maximum absolute atomic E-state index is 5.19. The summed E-state index contributed by atoms with van der Waals surface area (Å²) in [7, 11) is 3.90. The highest BCUT2D eigenvalue weighted by molar-refractivity contribution is 5.26. The summed E-state index contributed by atoms with van der Waals surface area (Å²) in [4.78, 5) is 2.38. The number of nitrogens with one attached hydrogen (secondary N) is 1. The van der Waals surface area contributed by atoms with Gasteiger partial charge in [0.2, 0.25) is 0 Å². The number of likely N-dealkylation sites (N-methyl/N-ethyl adjacent to an activating group) is 1.